The molecule has 6 nitrogen and oxygen atoms in total. The van der Waals surface area contributed by atoms with Crippen LogP contribution in [0.15, 0.2) is 36.8 Å². The lowest BCUT2D eigenvalue weighted by atomic mass is 10.2. The summed E-state index contributed by atoms with van der Waals surface area (Å²) in [5, 5.41) is 8.82. The van der Waals surface area contributed by atoms with Crippen LogP contribution in [-0.2, 0) is 0 Å². The Balaban J connectivity index is 1.85. The zero-order chi connectivity index (χ0) is 16.2. The molecule has 0 saturated carbocycles. The van der Waals surface area contributed by atoms with Gasteiger partial charge >= 0.3 is 0 Å². The molecule has 0 saturated heterocycles. The summed E-state index contributed by atoms with van der Waals surface area (Å²) >= 11 is 0. The van der Waals surface area contributed by atoms with Gasteiger partial charge in [-0.15, -0.1) is 0 Å². The molecule has 0 aliphatic heterocycles. The molecule has 0 fully saturated rings. The largest absolute Gasteiger partial charge is 0.369 e. The number of nitrogens with zero attached hydrogens (tertiary/aromatic N) is 5. The molecule has 0 spiro atoms. The van der Waals surface area contributed by atoms with Crippen LogP contribution in [0, 0.1) is 6.92 Å². The smallest absolute Gasteiger partial charge is 0.168 e. The number of nitrogens with one attached hydrogen (secondary N) is 1. The second-order valence-corrected chi connectivity index (χ2v) is 5.94. The van der Waals surface area contributed by atoms with E-state index in [-0.39, 0.29) is 0 Å². The second-order valence-electron chi connectivity index (χ2n) is 5.94. The molecule has 1 N–H and O–H groups in total. The summed E-state index contributed by atoms with van der Waals surface area (Å²) in [5.41, 5.74) is 3.03. The molecule has 0 amide bonds. The molecule has 0 bridgehead atoms. The maximum absolute atomic E-state index is 4.49. The number of hydrogen-bond donors (Lipinski definition) is 1. The van der Waals surface area contributed by atoms with Crippen molar-refractivity contribution in [2.75, 3.05) is 32.5 Å². The Morgan fingerprint density at radius 1 is 1.22 bits per heavy atom. The fraction of sp³-hybridized carbons (Fsp3) is 0.353. The minimum atomic E-state index is 0.820. The molecule has 2 heterocycles. The summed E-state index contributed by atoms with van der Waals surface area (Å²) in [5.74, 6) is 0.840. The van der Waals surface area contributed by atoms with Gasteiger partial charge in [-0.2, -0.15) is 5.10 Å². The van der Waals surface area contributed by atoms with E-state index in [4.69, 9.17) is 0 Å². The van der Waals surface area contributed by atoms with Crippen molar-refractivity contribution in [2.24, 2.45) is 0 Å². The average Bonchev–Trinajstić information content (AvgIpc) is 2.96. The van der Waals surface area contributed by atoms with Gasteiger partial charge in [0.25, 0.3) is 0 Å². The highest BCUT2D eigenvalue weighted by molar-refractivity contribution is 5.87. The minimum absolute atomic E-state index is 0.820. The van der Waals surface area contributed by atoms with Gasteiger partial charge in [0.05, 0.1) is 17.3 Å². The molecule has 0 aliphatic carbocycles. The third-order valence-corrected chi connectivity index (χ3v) is 3.69. The van der Waals surface area contributed by atoms with Gasteiger partial charge < -0.3 is 10.2 Å². The first-order valence-corrected chi connectivity index (χ1v) is 7.79. The van der Waals surface area contributed by atoms with Crippen molar-refractivity contribution in [3.8, 4) is 5.69 Å². The number of hydrogen-bond acceptors (Lipinski definition) is 5. The number of anilines is 1. The number of benzene rings is 1. The second kappa shape index (κ2) is 6.75. The summed E-state index contributed by atoms with van der Waals surface area (Å²) in [6.07, 6.45) is 4.47. The minimum Gasteiger partial charge on any atom is -0.369 e. The highest BCUT2D eigenvalue weighted by atomic mass is 15.3. The van der Waals surface area contributed by atoms with Crippen LogP contribution in [0.3, 0.4) is 0 Å². The van der Waals surface area contributed by atoms with Crippen LogP contribution in [0.1, 0.15) is 12.0 Å². The van der Waals surface area contributed by atoms with Crippen LogP contribution in [0.4, 0.5) is 5.82 Å². The van der Waals surface area contributed by atoms with Crippen LogP contribution in [-0.4, -0.2) is 51.8 Å². The number of fused-ring (bicyclic) bond motifs is 1. The Bertz CT molecular complexity index is 793. The summed E-state index contributed by atoms with van der Waals surface area (Å²) in [6.45, 7) is 3.99. The third-order valence-electron chi connectivity index (χ3n) is 3.69. The monoisotopic (exact) mass is 310 g/mol. The van der Waals surface area contributed by atoms with E-state index in [9.17, 15) is 0 Å². The molecular weight excluding hydrogens is 288 g/mol. The van der Waals surface area contributed by atoms with E-state index in [1.54, 1.807) is 6.33 Å². The van der Waals surface area contributed by atoms with Gasteiger partial charge in [0.15, 0.2) is 5.65 Å². The highest BCUT2D eigenvalue weighted by Crippen LogP contribution is 2.21. The molecule has 23 heavy (non-hydrogen) atoms. The van der Waals surface area contributed by atoms with Crippen molar-refractivity contribution in [2.45, 2.75) is 13.3 Å². The summed E-state index contributed by atoms with van der Waals surface area (Å²) < 4.78 is 1.86. The maximum atomic E-state index is 4.49. The number of aromatic nitrogens is 4. The fourth-order valence-corrected chi connectivity index (χ4v) is 2.54. The first-order valence-electron chi connectivity index (χ1n) is 7.79. The lowest BCUT2D eigenvalue weighted by Crippen LogP contribution is -2.16. The molecule has 3 rings (SSSR count). The number of aryl methyl sites for hydroxylation is 1. The Labute approximate surface area is 136 Å². The molecule has 0 radical (unpaired) electrons. The van der Waals surface area contributed by atoms with Gasteiger partial charge in [-0.25, -0.2) is 14.6 Å². The quantitative estimate of drug-likeness (QED) is 0.709. The number of rotatable bonds is 6. The zero-order valence-corrected chi connectivity index (χ0v) is 13.8. The Hall–Kier alpha value is -2.47. The molecular formula is C17H22N6. The SMILES string of the molecule is Cc1cccc(-n2ncc3c(NCCCN(C)C)ncnc32)c1. The standard InChI is InChI=1S/C17H22N6/c1-13-6-4-7-14(10-13)23-17-15(11-21-23)16(19-12-20-17)18-8-5-9-22(2)3/h4,6-7,10-12H,5,8-9H2,1-3H3,(H,18,19,20). The van der Waals surface area contributed by atoms with E-state index in [0.29, 0.717) is 0 Å². The van der Waals surface area contributed by atoms with E-state index < -0.39 is 0 Å². The van der Waals surface area contributed by atoms with Gasteiger partial charge in [0.1, 0.15) is 12.1 Å². The summed E-state index contributed by atoms with van der Waals surface area (Å²) in [4.78, 5) is 10.9. The third kappa shape index (κ3) is 3.48. The van der Waals surface area contributed by atoms with Gasteiger partial charge in [-0.05, 0) is 51.7 Å². The Morgan fingerprint density at radius 3 is 2.87 bits per heavy atom. The van der Waals surface area contributed by atoms with Gasteiger partial charge in [0, 0.05) is 6.54 Å². The first kappa shape index (κ1) is 15.4. The molecule has 6 heteroatoms. The average molecular weight is 310 g/mol. The van der Waals surface area contributed by atoms with Crippen molar-refractivity contribution < 1.29 is 0 Å². The zero-order valence-electron chi connectivity index (χ0n) is 13.8. The molecule has 120 valence electrons. The van der Waals surface area contributed by atoms with Gasteiger partial charge in [-0.1, -0.05) is 12.1 Å². The van der Waals surface area contributed by atoms with Crippen LogP contribution in [0.25, 0.3) is 16.7 Å². The van der Waals surface area contributed by atoms with Crippen molar-refractivity contribution in [1.82, 2.24) is 24.6 Å². The van der Waals surface area contributed by atoms with E-state index >= 15 is 0 Å². The Morgan fingerprint density at radius 2 is 2.09 bits per heavy atom. The van der Waals surface area contributed by atoms with Gasteiger partial charge in [0.2, 0.25) is 0 Å². The van der Waals surface area contributed by atoms with E-state index in [1.165, 1.54) is 5.56 Å². The maximum Gasteiger partial charge on any atom is 0.168 e. The first-order chi connectivity index (χ1) is 11.1. The van der Waals surface area contributed by atoms with Crippen LogP contribution in [0.2, 0.25) is 0 Å². The highest BCUT2D eigenvalue weighted by Gasteiger charge is 2.10. The lowest BCUT2D eigenvalue weighted by Gasteiger charge is -2.10. The lowest BCUT2D eigenvalue weighted by molar-refractivity contribution is 0.405. The van der Waals surface area contributed by atoms with Crippen LogP contribution < -0.4 is 5.32 Å². The van der Waals surface area contributed by atoms with Crippen molar-refractivity contribution in [3.05, 3.63) is 42.4 Å². The van der Waals surface area contributed by atoms with Crippen LogP contribution in [0.5, 0.6) is 0 Å². The predicted octanol–water partition coefficient (Wildman–Crippen LogP) is 2.49. The topological polar surface area (TPSA) is 58.9 Å². The van der Waals surface area contributed by atoms with Gasteiger partial charge in [-0.3, -0.25) is 0 Å². The summed E-state index contributed by atoms with van der Waals surface area (Å²) in [6, 6.07) is 8.23. The van der Waals surface area contributed by atoms with Crippen molar-refractivity contribution in [1.29, 1.82) is 0 Å². The van der Waals surface area contributed by atoms with E-state index in [1.807, 2.05) is 23.0 Å². The fourth-order valence-electron chi connectivity index (χ4n) is 2.54. The molecule has 2 aromatic heterocycles. The Kier molecular flexibility index (Phi) is 4.52. The van der Waals surface area contributed by atoms with Crippen LogP contribution >= 0.6 is 0 Å². The molecule has 0 atom stereocenters. The predicted molar refractivity (Wildman–Crippen MR) is 93.1 cm³/mol. The van der Waals surface area contributed by atoms with Crippen molar-refractivity contribution in [3.63, 3.8) is 0 Å². The normalized spacial score (nSPS) is 11.3. The van der Waals surface area contributed by atoms with Crippen molar-refractivity contribution >= 4 is 16.9 Å². The molecule has 0 unspecified atom stereocenters. The molecule has 0 aliphatic rings. The summed E-state index contributed by atoms with van der Waals surface area (Å²) in [7, 11) is 4.16. The van der Waals surface area contributed by atoms with E-state index in [0.717, 1.165) is 42.0 Å². The van der Waals surface area contributed by atoms with E-state index in [2.05, 4.69) is 58.4 Å². The molecule has 1 aromatic carbocycles. The molecule has 3 aromatic rings.